The summed E-state index contributed by atoms with van der Waals surface area (Å²) in [6, 6.07) is 15.0. The monoisotopic (exact) mass is 308 g/mol. The highest BCUT2D eigenvalue weighted by Gasteiger charge is 2.13. The third-order valence-electron chi connectivity index (χ3n) is 3.07. The first kappa shape index (κ1) is 15.1. The Bertz CT molecular complexity index is 659. The molecule has 0 spiro atoms. The molecule has 0 amide bonds. The van der Waals surface area contributed by atoms with Gasteiger partial charge in [-0.25, -0.2) is 8.42 Å². The molecule has 4 heteroatoms. The van der Waals surface area contributed by atoms with E-state index in [1.165, 1.54) is 0 Å². The summed E-state index contributed by atoms with van der Waals surface area (Å²) in [5.41, 5.74) is 3.74. The molecule has 2 aromatic carbocycles. The molecule has 0 bridgehead atoms. The minimum atomic E-state index is -3.15. The van der Waals surface area contributed by atoms with Gasteiger partial charge in [-0.3, -0.25) is 0 Å². The number of hydrogen-bond donors (Lipinski definition) is 0. The molecule has 0 saturated carbocycles. The number of alkyl halides is 1. The number of benzene rings is 2. The van der Waals surface area contributed by atoms with Crippen molar-refractivity contribution in [2.45, 2.75) is 24.3 Å². The molecule has 0 saturated heterocycles. The summed E-state index contributed by atoms with van der Waals surface area (Å²) < 4.78 is 24.4. The van der Waals surface area contributed by atoms with Gasteiger partial charge in [0.05, 0.1) is 11.5 Å². The predicted molar refractivity (Wildman–Crippen MR) is 83.5 cm³/mol. The van der Waals surface area contributed by atoms with E-state index in [0.29, 0.717) is 5.88 Å². The lowest BCUT2D eigenvalue weighted by atomic mass is 10.2. The fraction of sp³-hybridized carbons (Fsp3) is 0.250. The highest BCUT2D eigenvalue weighted by Crippen LogP contribution is 2.14. The van der Waals surface area contributed by atoms with E-state index in [4.69, 9.17) is 11.6 Å². The van der Waals surface area contributed by atoms with Crippen LogP contribution < -0.4 is 0 Å². The number of aryl methyl sites for hydroxylation is 1. The molecule has 0 aliphatic rings. The molecule has 0 unspecified atom stereocenters. The van der Waals surface area contributed by atoms with Gasteiger partial charge in [0.1, 0.15) is 0 Å². The van der Waals surface area contributed by atoms with Crippen molar-refractivity contribution in [3.05, 3.63) is 70.8 Å². The van der Waals surface area contributed by atoms with Gasteiger partial charge in [0.2, 0.25) is 0 Å². The van der Waals surface area contributed by atoms with Crippen LogP contribution in [0.15, 0.2) is 48.5 Å². The molecule has 0 N–H and O–H groups in total. The van der Waals surface area contributed by atoms with E-state index in [9.17, 15) is 8.42 Å². The maximum Gasteiger partial charge on any atom is 0.158 e. The summed E-state index contributed by atoms with van der Waals surface area (Å²) >= 11 is 5.71. The Kier molecular flexibility index (Phi) is 4.84. The lowest BCUT2D eigenvalue weighted by Crippen LogP contribution is -2.07. The maximum absolute atomic E-state index is 12.2. The van der Waals surface area contributed by atoms with E-state index in [1.807, 2.05) is 55.5 Å². The zero-order valence-corrected chi connectivity index (χ0v) is 12.9. The first-order chi connectivity index (χ1) is 9.48. The van der Waals surface area contributed by atoms with Gasteiger partial charge >= 0.3 is 0 Å². The molecular weight excluding hydrogens is 292 g/mol. The number of sulfone groups is 1. The molecule has 2 nitrogen and oxygen atoms in total. The molecule has 0 aromatic heterocycles. The highest BCUT2D eigenvalue weighted by molar-refractivity contribution is 7.89. The Balaban J connectivity index is 2.08. The Morgan fingerprint density at radius 2 is 1.20 bits per heavy atom. The molecule has 0 atom stereocenters. The van der Waals surface area contributed by atoms with Crippen LogP contribution in [0, 0.1) is 6.92 Å². The maximum atomic E-state index is 12.2. The summed E-state index contributed by atoms with van der Waals surface area (Å²) in [4.78, 5) is 0. The third-order valence-corrected chi connectivity index (χ3v) is 4.93. The van der Waals surface area contributed by atoms with Gasteiger partial charge in [-0.15, -0.1) is 11.6 Å². The van der Waals surface area contributed by atoms with Gasteiger partial charge < -0.3 is 0 Å². The lowest BCUT2D eigenvalue weighted by molar-refractivity contribution is 0.594. The van der Waals surface area contributed by atoms with Crippen molar-refractivity contribution in [1.29, 1.82) is 0 Å². The van der Waals surface area contributed by atoms with Crippen LogP contribution in [0.25, 0.3) is 0 Å². The number of hydrogen-bond acceptors (Lipinski definition) is 2. The topological polar surface area (TPSA) is 34.1 Å². The van der Waals surface area contributed by atoms with Crippen molar-refractivity contribution in [2.24, 2.45) is 0 Å². The molecule has 106 valence electrons. The fourth-order valence-corrected chi connectivity index (χ4v) is 3.65. The zero-order chi connectivity index (χ0) is 14.6. The molecule has 2 rings (SSSR count). The second kappa shape index (κ2) is 6.42. The molecule has 20 heavy (non-hydrogen) atoms. The second-order valence-electron chi connectivity index (χ2n) is 4.97. The largest absolute Gasteiger partial charge is 0.228 e. The van der Waals surface area contributed by atoms with Crippen molar-refractivity contribution < 1.29 is 8.42 Å². The normalized spacial score (nSPS) is 11.5. The minimum absolute atomic E-state index is 0.0590. The van der Waals surface area contributed by atoms with Gasteiger partial charge in [-0.2, -0.15) is 0 Å². The fourth-order valence-electron chi connectivity index (χ4n) is 1.97. The molecular formula is C16H17ClO2S. The summed E-state index contributed by atoms with van der Waals surface area (Å²) in [5, 5.41) is 0. The Labute approximate surface area is 125 Å². The smallest absolute Gasteiger partial charge is 0.158 e. The van der Waals surface area contributed by atoms with Gasteiger partial charge in [-0.05, 0) is 23.6 Å². The van der Waals surface area contributed by atoms with Crippen molar-refractivity contribution >= 4 is 21.4 Å². The van der Waals surface area contributed by atoms with E-state index >= 15 is 0 Å². The number of halogens is 1. The zero-order valence-electron chi connectivity index (χ0n) is 11.3. The summed E-state index contributed by atoms with van der Waals surface area (Å²) in [5.74, 6) is 0.574. The molecule has 0 aliphatic carbocycles. The molecule has 0 radical (unpaired) electrons. The summed E-state index contributed by atoms with van der Waals surface area (Å²) in [6.45, 7) is 1.98. The van der Waals surface area contributed by atoms with Crippen LogP contribution in [-0.4, -0.2) is 8.42 Å². The van der Waals surface area contributed by atoms with Crippen LogP contribution in [0.1, 0.15) is 22.3 Å². The first-order valence-electron chi connectivity index (χ1n) is 6.38. The van der Waals surface area contributed by atoms with Crippen molar-refractivity contribution in [3.63, 3.8) is 0 Å². The van der Waals surface area contributed by atoms with Gasteiger partial charge in [0.15, 0.2) is 9.84 Å². The molecule has 0 heterocycles. The summed E-state index contributed by atoms with van der Waals surface area (Å²) in [7, 11) is -3.15. The minimum Gasteiger partial charge on any atom is -0.228 e. The Hall–Kier alpha value is -1.32. The average Bonchev–Trinajstić information content (AvgIpc) is 2.41. The second-order valence-corrected chi connectivity index (χ2v) is 7.30. The van der Waals surface area contributed by atoms with Crippen LogP contribution in [-0.2, 0) is 27.2 Å². The van der Waals surface area contributed by atoms with Gasteiger partial charge in [0, 0.05) is 5.88 Å². The number of rotatable bonds is 5. The average molecular weight is 309 g/mol. The van der Waals surface area contributed by atoms with Crippen molar-refractivity contribution in [2.75, 3.05) is 0 Å². The lowest BCUT2D eigenvalue weighted by Gasteiger charge is -2.06. The first-order valence-corrected chi connectivity index (χ1v) is 8.74. The molecule has 2 aromatic rings. The van der Waals surface area contributed by atoms with Crippen LogP contribution in [0.4, 0.5) is 0 Å². The van der Waals surface area contributed by atoms with Crippen molar-refractivity contribution in [3.8, 4) is 0 Å². The van der Waals surface area contributed by atoms with E-state index < -0.39 is 9.84 Å². The predicted octanol–water partition coefficient (Wildman–Crippen LogP) is 3.85. The van der Waals surface area contributed by atoms with Crippen LogP contribution in [0.3, 0.4) is 0 Å². The standard InChI is InChI=1S/C16H17ClO2S/c1-13-2-4-15(5-3-13)11-20(18,19)12-16-8-6-14(10-17)7-9-16/h2-9H,10-12H2,1H3. The van der Waals surface area contributed by atoms with E-state index in [1.54, 1.807) is 0 Å². The Morgan fingerprint density at radius 3 is 1.65 bits per heavy atom. The van der Waals surface area contributed by atoms with Crippen LogP contribution in [0.5, 0.6) is 0 Å². The van der Waals surface area contributed by atoms with Crippen LogP contribution >= 0.6 is 11.6 Å². The van der Waals surface area contributed by atoms with E-state index in [2.05, 4.69) is 0 Å². The Morgan fingerprint density at radius 1 is 0.800 bits per heavy atom. The van der Waals surface area contributed by atoms with E-state index in [-0.39, 0.29) is 11.5 Å². The van der Waals surface area contributed by atoms with Gasteiger partial charge in [-0.1, -0.05) is 54.1 Å². The third kappa shape index (κ3) is 4.36. The van der Waals surface area contributed by atoms with Crippen LogP contribution in [0.2, 0.25) is 0 Å². The SMILES string of the molecule is Cc1ccc(CS(=O)(=O)Cc2ccc(CCl)cc2)cc1. The molecule has 0 aliphatic heterocycles. The van der Waals surface area contributed by atoms with Gasteiger partial charge in [0.25, 0.3) is 0 Å². The quantitative estimate of drug-likeness (QED) is 0.786. The van der Waals surface area contributed by atoms with E-state index in [0.717, 1.165) is 22.3 Å². The van der Waals surface area contributed by atoms with Crippen molar-refractivity contribution in [1.82, 2.24) is 0 Å². The summed E-state index contributed by atoms with van der Waals surface area (Å²) in [6.07, 6.45) is 0. The molecule has 0 fully saturated rings. The highest BCUT2D eigenvalue weighted by atomic mass is 35.5.